The van der Waals surface area contributed by atoms with E-state index in [0.717, 1.165) is 17.0 Å². The second kappa shape index (κ2) is 5.61. The van der Waals surface area contributed by atoms with Crippen molar-refractivity contribution < 1.29 is 0 Å². The first-order chi connectivity index (χ1) is 9.04. The monoisotopic (exact) mass is 254 g/mol. The normalized spacial score (nSPS) is 10.9. The van der Waals surface area contributed by atoms with Crippen molar-refractivity contribution in [3.05, 3.63) is 52.3 Å². The summed E-state index contributed by atoms with van der Waals surface area (Å²) in [7, 11) is 0. The van der Waals surface area contributed by atoms with Crippen LogP contribution in [0, 0.1) is 27.7 Å². The maximum Gasteiger partial charge on any atom is 0.243 e. The van der Waals surface area contributed by atoms with E-state index in [2.05, 4.69) is 52.5 Å². The lowest BCUT2D eigenvalue weighted by Crippen LogP contribution is -2.00. The van der Waals surface area contributed by atoms with Crippen LogP contribution in [0.15, 0.2) is 29.4 Å². The average molecular weight is 254 g/mol. The number of hydrogen-bond donors (Lipinski definition) is 1. The molecule has 0 saturated carbocycles. The zero-order valence-corrected chi connectivity index (χ0v) is 11.7. The molecule has 0 aliphatic rings. The minimum atomic E-state index is 0.527. The minimum Gasteiger partial charge on any atom is -0.245 e. The maximum atomic E-state index is 4.27. The first-order valence-corrected chi connectivity index (χ1v) is 6.23. The van der Waals surface area contributed by atoms with Gasteiger partial charge in [0.2, 0.25) is 5.95 Å². The highest BCUT2D eigenvalue weighted by atomic mass is 15.3. The van der Waals surface area contributed by atoms with E-state index < -0.39 is 0 Å². The third-order valence-corrected chi connectivity index (χ3v) is 2.79. The Morgan fingerprint density at radius 1 is 1.00 bits per heavy atom. The summed E-state index contributed by atoms with van der Waals surface area (Å²) in [6.45, 7) is 8.01. The molecule has 0 aliphatic carbocycles. The van der Waals surface area contributed by atoms with E-state index in [9.17, 15) is 0 Å². The Balaban J connectivity index is 2.13. The summed E-state index contributed by atoms with van der Waals surface area (Å²) in [5.41, 5.74) is 8.23. The molecule has 1 aromatic carbocycles. The Kier molecular flexibility index (Phi) is 3.90. The molecule has 0 amide bonds. The lowest BCUT2D eigenvalue weighted by atomic mass is 10.1. The van der Waals surface area contributed by atoms with Crippen molar-refractivity contribution in [3.8, 4) is 0 Å². The van der Waals surface area contributed by atoms with Crippen molar-refractivity contribution in [1.29, 1.82) is 0 Å². The number of nitrogens with zero attached hydrogens (tertiary/aromatic N) is 3. The van der Waals surface area contributed by atoms with Crippen molar-refractivity contribution in [2.45, 2.75) is 27.7 Å². The summed E-state index contributed by atoms with van der Waals surface area (Å²) in [6.07, 6.45) is 1.80. The highest BCUT2D eigenvalue weighted by Gasteiger charge is 1.98. The molecule has 4 heteroatoms. The largest absolute Gasteiger partial charge is 0.245 e. The quantitative estimate of drug-likeness (QED) is 0.676. The number of nitrogens with one attached hydrogen (secondary N) is 1. The fraction of sp³-hybridized carbons (Fsp3) is 0.267. The Morgan fingerprint density at radius 2 is 1.68 bits per heavy atom. The zero-order chi connectivity index (χ0) is 13.8. The van der Waals surface area contributed by atoms with E-state index in [1.807, 2.05) is 19.9 Å². The lowest BCUT2D eigenvalue weighted by molar-refractivity contribution is 1.04. The van der Waals surface area contributed by atoms with Crippen LogP contribution in [0.1, 0.15) is 28.1 Å². The number of hydrazone groups is 1. The second-order valence-corrected chi connectivity index (χ2v) is 4.70. The van der Waals surface area contributed by atoms with Gasteiger partial charge in [0.25, 0.3) is 0 Å². The van der Waals surface area contributed by atoms with Gasteiger partial charge >= 0.3 is 0 Å². The summed E-state index contributed by atoms with van der Waals surface area (Å²) in [5, 5.41) is 4.20. The Bertz CT molecular complexity index is 597. The number of aryl methyl sites for hydroxylation is 4. The Labute approximate surface area is 113 Å². The third-order valence-electron chi connectivity index (χ3n) is 2.79. The van der Waals surface area contributed by atoms with E-state index in [0.29, 0.717) is 5.95 Å². The maximum absolute atomic E-state index is 4.27. The molecule has 1 aromatic heterocycles. The van der Waals surface area contributed by atoms with Gasteiger partial charge in [0.15, 0.2) is 0 Å². The summed E-state index contributed by atoms with van der Waals surface area (Å²) < 4.78 is 0. The number of benzene rings is 1. The molecular formula is C15H18N4. The van der Waals surface area contributed by atoms with Gasteiger partial charge in [0, 0.05) is 11.4 Å². The third kappa shape index (κ3) is 3.61. The van der Waals surface area contributed by atoms with E-state index in [1.54, 1.807) is 6.21 Å². The van der Waals surface area contributed by atoms with Gasteiger partial charge in [-0.15, -0.1) is 0 Å². The predicted molar refractivity (Wildman–Crippen MR) is 78.6 cm³/mol. The van der Waals surface area contributed by atoms with Crippen LogP contribution in [0.5, 0.6) is 0 Å². The van der Waals surface area contributed by atoms with Crippen molar-refractivity contribution >= 4 is 12.2 Å². The molecule has 98 valence electrons. The highest BCUT2D eigenvalue weighted by molar-refractivity contribution is 5.82. The molecular weight excluding hydrogens is 236 g/mol. The molecule has 0 saturated heterocycles. The highest BCUT2D eigenvalue weighted by Crippen LogP contribution is 2.08. The van der Waals surface area contributed by atoms with Gasteiger partial charge in [0.05, 0.1) is 6.21 Å². The van der Waals surface area contributed by atoms with Gasteiger partial charge in [-0.05, 0) is 44.9 Å². The van der Waals surface area contributed by atoms with Crippen LogP contribution in [0.2, 0.25) is 0 Å². The molecule has 0 unspecified atom stereocenters. The van der Waals surface area contributed by atoms with Crippen LogP contribution in [0.4, 0.5) is 5.95 Å². The number of rotatable bonds is 3. The molecule has 0 radical (unpaired) electrons. The fourth-order valence-corrected chi connectivity index (χ4v) is 1.83. The molecule has 0 aliphatic heterocycles. The van der Waals surface area contributed by atoms with Gasteiger partial charge < -0.3 is 0 Å². The van der Waals surface area contributed by atoms with Gasteiger partial charge in [0.1, 0.15) is 0 Å². The smallest absolute Gasteiger partial charge is 0.243 e. The Morgan fingerprint density at radius 3 is 2.37 bits per heavy atom. The van der Waals surface area contributed by atoms with E-state index in [1.165, 1.54) is 11.1 Å². The minimum absolute atomic E-state index is 0.527. The summed E-state index contributed by atoms with van der Waals surface area (Å²) >= 11 is 0. The Hall–Kier alpha value is -2.23. The van der Waals surface area contributed by atoms with Crippen molar-refractivity contribution in [2.75, 3.05) is 5.43 Å². The number of anilines is 1. The van der Waals surface area contributed by atoms with Crippen molar-refractivity contribution in [3.63, 3.8) is 0 Å². The fourth-order valence-electron chi connectivity index (χ4n) is 1.83. The van der Waals surface area contributed by atoms with Crippen LogP contribution >= 0.6 is 0 Å². The topological polar surface area (TPSA) is 50.2 Å². The van der Waals surface area contributed by atoms with Crippen LogP contribution < -0.4 is 5.43 Å². The molecule has 0 fully saturated rings. The predicted octanol–water partition coefficient (Wildman–Crippen LogP) is 3.16. The summed E-state index contributed by atoms with van der Waals surface area (Å²) in [4.78, 5) is 8.54. The molecule has 1 N–H and O–H groups in total. The SMILES string of the molecule is Cc1ccc(C)c(/C=N\Nc2nc(C)cc(C)n2)c1. The van der Waals surface area contributed by atoms with Crippen LogP contribution in [-0.4, -0.2) is 16.2 Å². The molecule has 0 bridgehead atoms. The number of aromatic nitrogens is 2. The molecule has 19 heavy (non-hydrogen) atoms. The molecule has 2 aromatic rings. The van der Waals surface area contributed by atoms with E-state index in [4.69, 9.17) is 0 Å². The first kappa shape index (κ1) is 13.2. The van der Waals surface area contributed by atoms with Gasteiger partial charge in [-0.1, -0.05) is 23.8 Å². The van der Waals surface area contributed by atoms with E-state index in [-0.39, 0.29) is 0 Å². The zero-order valence-electron chi connectivity index (χ0n) is 11.7. The molecule has 0 spiro atoms. The van der Waals surface area contributed by atoms with Gasteiger partial charge in [-0.25, -0.2) is 15.4 Å². The second-order valence-electron chi connectivity index (χ2n) is 4.70. The summed E-state index contributed by atoms with van der Waals surface area (Å²) in [5.74, 6) is 0.527. The van der Waals surface area contributed by atoms with E-state index >= 15 is 0 Å². The first-order valence-electron chi connectivity index (χ1n) is 6.23. The van der Waals surface area contributed by atoms with Crippen molar-refractivity contribution in [1.82, 2.24) is 9.97 Å². The van der Waals surface area contributed by atoms with Gasteiger partial charge in [-0.2, -0.15) is 5.10 Å². The number of hydrogen-bond acceptors (Lipinski definition) is 4. The summed E-state index contributed by atoms with van der Waals surface area (Å²) in [6, 6.07) is 8.21. The van der Waals surface area contributed by atoms with Crippen molar-refractivity contribution in [2.24, 2.45) is 5.10 Å². The van der Waals surface area contributed by atoms with Crippen LogP contribution in [0.3, 0.4) is 0 Å². The molecule has 1 heterocycles. The van der Waals surface area contributed by atoms with Crippen LogP contribution in [0.25, 0.3) is 0 Å². The molecule has 4 nitrogen and oxygen atoms in total. The average Bonchev–Trinajstić information content (AvgIpc) is 2.32. The lowest BCUT2D eigenvalue weighted by Gasteiger charge is -2.03. The standard InChI is InChI=1S/C15H18N4/c1-10-5-6-11(2)14(7-10)9-16-19-15-17-12(3)8-13(4)18-15/h5-9H,1-4H3,(H,17,18,19)/b16-9-. The van der Waals surface area contributed by atoms with Crippen LogP contribution in [-0.2, 0) is 0 Å². The molecule has 2 rings (SSSR count). The molecule has 0 atom stereocenters. The van der Waals surface area contributed by atoms with Gasteiger partial charge in [-0.3, -0.25) is 0 Å².